The summed E-state index contributed by atoms with van der Waals surface area (Å²) in [6.45, 7) is 1.37. The first kappa shape index (κ1) is 27.0. The van der Waals surface area contributed by atoms with Gasteiger partial charge < -0.3 is 38.3 Å². The minimum atomic E-state index is -1.62. The second kappa shape index (κ2) is 12.8. The highest BCUT2D eigenvalue weighted by Crippen LogP contribution is 2.06. The van der Waals surface area contributed by atoms with Crippen LogP contribution in [0.4, 0.5) is 0 Å². The molecule has 0 aliphatic rings. The zero-order valence-corrected chi connectivity index (χ0v) is 17.9. The van der Waals surface area contributed by atoms with E-state index in [4.69, 9.17) is 17.2 Å². The topological polar surface area (TPSA) is 237 Å². The number of amides is 5. The second-order valence-electron chi connectivity index (χ2n) is 7.34. The fourth-order valence-corrected chi connectivity index (χ4v) is 2.72. The van der Waals surface area contributed by atoms with Crippen LogP contribution in [-0.4, -0.2) is 64.8 Å². The Bertz CT molecular complexity index is 890. The van der Waals surface area contributed by atoms with Gasteiger partial charge in [0.05, 0.1) is 18.9 Å². The van der Waals surface area contributed by atoms with E-state index in [0.29, 0.717) is 5.56 Å². The van der Waals surface area contributed by atoms with Crippen molar-refractivity contribution >= 4 is 35.5 Å². The fourth-order valence-electron chi connectivity index (χ4n) is 2.72. The number of hydrogen-bond donors (Lipinski definition) is 7. The van der Waals surface area contributed by atoms with Crippen LogP contribution in [-0.2, 0) is 35.2 Å². The lowest BCUT2D eigenvalue weighted by Gasteiger charge is -2.24. The molecule has 10 N–H and O–H groups in total. The van der Waals surface area contributed by atoms with Crippen molar-refractivity contribution in [3.05, 3.63) is 35.9 Å². The first-order valence-electron chi connectivity index (χ1n) is 9.90. The largest absolute Gasteiger partial charge is 0.480 e. The molecular formula is C20H28N6O7. The average Bonchev–Trinajstić information content (AvgIpc) is 2.72. The first-order chi connectivity index (χ1) is 15.4. The number of rotatable bonds is 13. The minimum Gasteiger partial charge on any atom is -0.480 e. The molecule has 0 aliphatic carbocycles. The van der Waals surface area contributed by atoms with Gasteiger partial charge in [0.25, 0.3) is 0 Å². The van der Waals surface area contributed by atoms with Crippen molar-refractivity contribution in [1.29, 1.82) is 0 Å². The van der Waals surface area contributed by atoms with Crippen LogP contribution in [0.3, 0.4) is 0 Å². The van der Waals surface area contributed by atoms with Crippen molar-refractivity contribution in [3.63, 3.8) is 0 Å². The van der Waals surface area contributed by atoms with Crippen molar-refractivity contribution in [3.8, 4) is 0 Å². The number of carbonyl (C=O) groups excluding carboxylic acids is 5. The zero-order chi connectivity index (χ0) is 25.1. The summed E-state index contributed by atoms with van der Waals surface area (Å²) in [7, 11) is 0. The quantitative estimate of drug-likeness (QED) is 0.157. The molecule has 0 saturated carbocycles. The molecule has 4 atom stereocenters. The summed E-state index contributed by atoms with van der Waals surface area (Å²) in [5.41, 5.74) is 16.3. The number of hydrogen-bond acceptors (Lipinski definition) is 7. The number of nitrogens with two attached hydrogens (primary N) is 3. The lowest BCUT2D eigenvalue weighted by Crippen LogP contribution is -2.58. The van der Waals surface area contributed by atoms with Gasteiger partial charge in [0, 0.05) is 6.42 Å². The molecule has 0 bridgehead atoms. The van der Waals surface area contributed by atoms with Crippen LogP contribution in [0, 0.1) is 0 Å². The maximum atomic E-state index is 12.8. The molecule has 4 unspecified atom stereocenters. The van der Waals surface area contributed by atoms with E-state index in [2.05, 4.69) is 16.0 Å². The highest BCUT2D eigenvalue weighted by atomic mass is 16.4. The van der Waals surface area contributed by atoms with Gasteiger partial charge in [-0.3, -0.25) is 24.0 Å². The van der Waals surface area contributed by atoms with Crippen LogP contribution in [0.2, 0.25) is 0 Å². The smallest absolute Gasteiger partial charge is 0.326 e. The van der Waals surface area contributed by atoms with Crippen molar-refractivity contribution < 1.29 is 33.9 Å². The Morgan fingerprint density at radius 3 is 1.73 bits per heavy atom. The van der Waals surface area contributed by atoms with Gasteiger partial charge in [0.1, 0.15) is 18.1 Å². The highest BCUT2D eigenvalue weighted by Gasteiger charge is 2.31. The molecule has 0 heterocycles. The number of carboxylic acids is 1. The monoisotopic (exact) mass is 464 g/mol. The maximum Gasteiger partial charge on any atom is 0.326 e. The summed E-state index contributed by atoms with van der Waals surface area (Å²) in [5.74, 6) is -5.91. The van der Waals surface area contributed by atoms with Gasteiger partial charge in [-0.05, 0) is 12.5 Å². The summed E-state index contributed by atoms with van der Waals surface area (Å²) < 4.78 is 0. The Labute approximate surface area is 189 Å². The third kappa shape index (κ3) is 9.78. The van der Waals surface area contributed by atoms with E-state index >= 15 is 0 Å². The Hall–Kier alpha value is -4.00. The van der Waals surface area contributed by atoms with Crippen LogP contribution in [0.1, 0.15) is 25.3 Å². The lowest BCUT2D eigenvalue weighted by atomic mass is 10.0. The SMILES string of the molecule is CC(N)C(=O)NC(CC(N)=O)C(=O)NC(Cc1ccccc1)C(=O)NC(CC(N)=O)C(=O)O. The standard InChI is InChI=1S/C20H28N6O7/c1-10(21)17(29)24-13(8-15(22)27)19(31)25-12(7-11-5-3-2-4-6-11)18(30)26-14(20(32)33)9-16(23)28/h2-6,10,12-14H,7-9,21H2,1H3,(H2,22,27)(H2,23,28)(H,24,29)(H,25,31)(H,26,30)(H,32,33). The van der Waals surface area contributed by atoms with E-state index in [9.17, 15) is 33.9 Å². The van der Waals surface area contributed by atoms with Crippen LogP contribution >= 0.6 is 0 Å². The van der Waals surface area contributed by atoms with E-state index < -0.39 is 72.5 Å². The molecule has 1 rings (SSSR count). The Balaban J connectivity index is 3.12. The summed E-state index contributed by atoms with van der Waals surface area (Å²) >= 11 is 0. The van der Waals surface area contributed by atoms with E-state index in [0.717, 1.165) is 0 Å². The Kier molecular flexibility index (Phi) is 10.5. The number of carboxylic acid groups (broad SMARTS) is 1. The van der Waals surface area contributed by atoms with Gasteiger partial charge in [0.15, 0.2) is 0 Å². The lowest BCUT2D eigenvalue weighted by molar-refractivity contribution is -0.143. The van der Waals surface area contributed by atoms with Gasteiger partial charge in [-0.25, -0.2) is 4.79 Å². The maximum absolute atomic E-state index is 12.8. The molecule has 1 aromatic carbocycles. The van der Waals surface area contributed by atoms with Gasteiger partial charge >= 0.3 is 5.97 Å². The molecule has 13 nitrogen and oxygen atoms in total. The van der Waals surface area contributed by atoms with Crippen molar-refractivity contribution in [2.75, 3.05) is 0 Å². The molecule has 0 spiro atoms. The molecule has 5 amide bonds. The van der Waals surface area contributed by atoms with Gasteiger partial charge in [-0.1, -0.05) is 30.3 Å². The van der Waals surface area contributed by atoms with E-state index in [1.165, 1.54) is 6.92 Å². The normalized spacial score (nSPS) is 14.1. The minimum absolute atomic E-state index is 0.0636. The van der Waals surface area contributed by atoms with E-state index in [1.807, 2.05) is 0 Å². The third-order valence-corrected chi connectivity index (χ3v) is 4.39. The Morgan fingerprint density at radius 2 is 1.24 bits per heavy atom. The first-order valence-corrected chi connectivity index (χ1v) is 9.90. The predicted molar refractivity (Wildman–Crippen MR) is 115 cm³/mol. The van der Waals surface area contributed by atoms with Crippen molar-refractivity contribution in [1.82, 2.24) is 16.0 Å². The molecule has 0 aliphatic heterocycles. The summed E-state index contributed by atoms with van der Waals surface area (Å²) in [6.07, 6.45) is -1.29. The number of carbonyl (C=O) groups is 6. The van der Waals surface area contributed by atoms with Crippen LogP contribution in [0.15, 0.2) is 30.3 Å². The number of aliphatic carboxylic acids is 1. The predicted octanol–water partition coefficient (Wildman–Crippen LogP) is -3.13. The number of primary amides is 2. The average molecular weight is 464 g/mol. The zero-order valence-electron chi connectivity index (χ0n) is 17.9. The molecule has 180 valence electrons. The summed E-state index contributed by atoms with van der Waals surface area (Å²) in [6, 6.07) is 3.11. The third-order valence-electron chi connectivity index (χ3n) is 4.39. The molecule has 0 saturated heterocycles. The molecule has 13 heteroatoms. The van der Waals surface area contributed by atoms with Crippen molar-refractivity contribution in [2.45, 2.75) is 50.4 Å². The van der Waals surface area contributed by atoms with Crippen LogP contribution in [0.25, 0.3) is 0 Å². The number of nitrogens with one attached hydrogen (secondary N) is 3. The molecule has 0 fully saturated rings. The van der Waals surface area contributed by atoms with Crippen LogP contribution < -0.4 is 33.2 Å². The summed E-state index contributed by atoms with van der Waals surface area (Å²) in [5, 5.41) is 16.1. The van der Waals surface area contributed by atoms with Crippen molar-refractivity contribution in [2.24, 2.45) is 17.2 Å². The fraction of sp³-hybridized carbons (Fsp3) is 0.400. The van der Waals surface area contributed by atoms with E-state index in [1.54, 1.807) is 30.3 Å². The highest BCUT2D eigenvalue weighted by molar-refractivity contribution is 5.96. The van der Waals surface area contributed by atoms with Gasteiger partial charge in [-0.15, -0.1) is 0 Å². The second-order valence-corrected chi connectivity index (χ2v) is 7.34. The molecule has 33 heavy (non-hydrogen) atoms. The Morgan fingerprint density at radius 1 is 0.788 bits per heavy atom. The molecule has 0 aromatic heterocycles. The molecule has 0 radical (unpaired) electrons. The number of benzene rings is 1. The molecular weight excluding hydrogens is 436 g/mol. The van der Waals surface area contributed by atoms with Gasteiger partial charge in [-0.2, -0.15) is 0 Å². The molecule has 1 aromatic rings. The van der Waals surface area contributed by atoms with Crippen LogP contribution in [0.5, 0.6) is 0 Å². The van der Waals surface area contributed by atoms with Gasteiger partial charge in [0.2, 0.25) is 29.5 Å². The summed E-state index contributed by atoms with van der Waals surface area (Å²) in [4.78, 5) is 71.4. The van der Waals surface area contributed by atoms with E-state index in [-0.39, 0.29) is 6.42 Å².